The van der Waals surface area contributed by atoms with Crippen molar-refractivity contribution in [2.45, 2.75) is 12.5 Å². The van der Waals surface area contributed by atoms with Crippen molar-refractivity contribution in [1.29, 1.82) is 0 Å². The zero-order chi connectivity index (χ0) is 11.3. The largest absolute Gasteiger partial charge is 0.347 e. The summed E-state index contributed by atoms with van der Waals surface area (Å²) in [5.74, 6) is 0.381. The second-order valence-corrected chi connectivity index (χ2v) is 4.83. The van der Waals surface area contributed by atoms with Crippen molar-refractivity contribution in [3.63, 3.8) is 0 Å². The average Bonchev–Trinajstić information content (AvgIpc) is 2.54. The van der Waals surface area contributed by atoms with Gasteiger partial charge in [0.2, 0.25) is 0 Å². The molecule has 3 rings (SSSR count). The zero-order valence-electron chi connectivity index (χ0n) is 9.90. The highest BCUT2D eigenvalue weighted by Gasteiger charge is 2.25. The third-order valence-electron chi connectivity index (χ3n) is 3.61. The number of aromatic nitrogens is 1. The van der Waals surface area contributed by atoms with Crippen LogP contribution < -0.4 is 0 Å². The number of nitrogens with zero attached hydrogens (tertiary/aromatic N) is 2. The molecule has 0 aliphatic carbocycles. The van der Waals surface area contributed by atoms with Gasteiger partial charge in [-0.15, -0.1) is 0 Å². The molecule has 0 bridgehead atoms. The topological polar surface area (TPSA) is 8.17 Å². The molecule has 0 N–H and O–H groups in total. The van der Waals surface area contributed by atoms with Crippen LogP contribution in [0.4, 0.5) is 0 Å². The molecule has 1 radical (unpaired) electrons. The SMILES string of the molecule is [CH2][C@H]1CN(C)Cc2c1n(C)c1ccccc21. The van der Waals surface area contributed by atoms with Crippen LogP contribution in [-0.4, -0.2) is 23.1 Å². The Kier molecular flexibility index (Phi) is 2.08. The fourth-order valence-corrected chi connectivity index (χ4v) is 2.98. The molecule has 1 aromatic carbocycles. The summed E-state index contributed by atoms with van der Waals surface area (Å²) in [4.78, 5) is 2.35. The fraction of sp³-hybridized carbons (Fsp3) is 0.357. The number of hydrogen-bond acceptors (Lipinski definition) is 1. The maximum Gasteiger partial charge on any atom is 0.0483 e. The Bertz CT molecular complexity index is 539. The van der Waals surface area contributed by atoms with Gasteiger partial charge in [0.05, 0.1) is 0 Å². The van der Waals surface area contributed by atoms with Gasteiger partial charge in [-0.2, -0.15) is 0 Å². The van der Waals surface area contributed by atoms with Gasteiger partial charge in [-0.1, -0.05) is 18.2 Å². The van der Waals surface area contributed by atoms with E-state index in [4.69, 9.17) is 0 Å². The maximum atomic E-state index is 4.28. The van der Waals surface area contributed by atoms with Crippen molar-refractivity contribution in [3.8, 4) is 0 Å². The van der Waals surface area contributed by atoms with Crippen LogP contribution in [-0.2, 0) is 13.6 Å². The van der Waals surface area contributed by atoms with Gasteiger partial charge in [-0.25, -0.2) is 0 Å². The van der Waals surface area contributed by atoms with E-state index in [2.05, 4.69) is 54.8 Å². The van der Waals surface area contributed by atoms with Gasteiger partial charge in [0.25, 0.3) is 0 Å². The highest BCUT2D eigenvalue weighted by atomic mass is 15.1. The van der Waals surface area contributed by atoms with Crippen LogP contribution in [0.3, 0.4) is 0 Å². The normalized spacial score (nSPS) is 21.3. The molecule has 0 unspecified atom stereocenters. The molecule has 2 heterocycles. The van der Waals surface area contributed by atoms with Gasteiger partial charge in [0.15, 0.2) is 0 Å². The second-order valence-electron chi connectivity index (χ2n) is 4.83. The van der Waals surface area contributed by atoms with Crippen molar-refractivity contribution in [1.82, 2.24) is 9.47 Å². The molecule has 2 nitrogen and oxygen atoms in total. The van der Waals surface area contributed by atoms with E-state index in [0.717, 1.165) is 13.1 Å². The van der Waals surface area contributed by atoms with Crippen molar-refractivity contribution in [2.24, 2.45) is 7.05 Å². The Balaban J connectivity index is 2.35. The molecule has 1 aromatic heterocycles. The van der Waals surface area contributed by atoms with Crippen molar-refractivity contribution < 1.29 is 0 Å². The summed E-state index contributed by atoms with van der Waals surface area (Å²) in [6.45, 7) is 6.38. The number of benzene rings is 1. The predicted molar refractivity (Wildman–Crippen MR) is 67.4 cm³/mol. The first-order chi connectivity index (χ1) is 7.68. The van der Waals surface area contributed by atoms with Crippen molar-refractivity contribution >= 4 is 10.9 Å². The quantitative estimate of drug-likeness (QED) is 0.653. The van der Waals surface area contributed by atoms with E-state index in [1.807, 2.05) is 0 Å². The fourth-order valence-electron chi connectivity index (χ4n) is 2.98. The molecule has 1 atom stereocenters. The summed E-state index contributed by atoms with van der Waals surface area (Å²) in [6, 6.07) is 8.64. The van der Waals surface area contributed by atoms with Crippen LogP contribution >= 0.6 is 0 Å². The highest BCUT2D eigenvalue weighted by molar-refractivity contribution is 5.86. The van der Waals surface area contributed by atoms with Gasteiger partial charge in [-0.3, -0.25) is 0 Å². The van der Waals surface area contributed by atoms with E-state index in [1.165, 1.54) is 22.2 Å². The number of aryl methyl sites for hydroxylation is 1. The van der Waals surface area contributed by atoms with Gasteiger partial charge < -0.3 is 9.47 Å². The summed E-state index contributed by atoms with van der Waals surface area (Å²) >= 11 is 0. The van der Waals surface area contributed by atoms with Crippen LogP contribution in [0.1, 0.15) is 17.2 Å². The van der Waals surface area contributed by atoms with Gasteiger partial charge >= 0.3 is 0 Å². The molecule has 83 valence electrons. The molecule has 1 aliphatic rings. The first kappa shape index (κ1) is 9.91. The third-order valence-corrected chi connectivity index (χ3v) is 3.61. The molecule has 0 fully saturated rings. The molecular formula is C14H17N2. The number of para-hydroxylation sites is 1. The third kappa shape index (κ3) is 1.23. The van der Waals surface area contributed by atoms with Gasteiger partial charge in [0.1, 0.15) is 0 Å². The standard InChI is InChI=1S/C14H17N2/c1-10-8-15(2)9-12-11-6-4-5-7-13(11)16(3)14(10)12/h4-7,10H,1,8-9H2,2-3H3/t10-/m0/s1. The van der Waals surface area contributed by atoms with E-state index in [0.29, 0.717) is 5.92 Å². The predicted octanol–water partition coefficient (Wildman–Crippen LogP) is 2.54. The second kappa shape index (κ2) is 3.36. The van der Waals surface area contributed by atoms with E-state index >= 15 is 0 Å². The van der Waals surface area contributed by atoms with E-state index < -0.39 is 0 Å². The lowest BCUT2D eigenvalue weighted by Crippen LogP contribution is -2.29. The summed E-state index contributed by atoms with van der Waals surface area (Å²) in [7, 11) is 4.33. The molecule has 2 heteroatoms. The molecule has 1 aliphatic heterocycles. The minimum absolute atomic E-state index is 0.381. The molecule has 0 amide bonds. The summed E-state index contributed by atoms with van der Waals surface area (Å²) in [5.41, 5.74) is 4.21. The first-order valence-electron chi connectivity index (χ1n) is 5.76. The highest BCUT2D eigenvalue weighted by Crippen LogP contribution is 2.34. The number of rotatable bonds is 0. The molecule has 0 saturated heterocycles. The van der Waals surface area contributed by atoms with Crippen LogP contribution in [0.15, 0.2) is 24.3 Å². The van der Waals surface area contributed by atoms with Crippen molar-refractivity contribution in [2.75, 3.05) is 13.6 Å². The number of likely N-dealkylation sites (N-methyl/N-ethyl adjacent to an activating group) is 1. The Morgan fingerprint density at radius 2 is 2.00 bits per heavy atom. The Hall–Kier alpha value is -1.28. The molecule has 0 spiro atoms. The molecule has 16 heavy (non-hydrogen) atoms. The van der Waals surface area contributed by atoms with Gasteiger partial charge in [-0.05, 0) is 25.6 Å². The number of fused-ring (bicyclic) bond motifs is 3. The first-order valence-corrected chi connectivity index (χ1v) is 5.76. The lowest BCUT2D eigenvalue weighted by Gasteiger charge is -2.28. The Morgan fingerprint density at radius 1 is 1.25 bits per heavy atom. The van der Waals surface area contributed by atoms with Crippen molar-refractivity contribution in [3.05, 3.63) is 42.4 Å². The van der Waals surface area contributed by atoms with E-state index in [1.54, 1.807) is 0 Å². The smallest absolute Gasteiger partial charge is 0.0483 e. The molecular weight excluding hydrogens is 196 g/mol. The Morgan fingerprint density at radius 3 is 2.81 bits per heavy atom. The molecule has 2 aromatic rings. The summed E-state index contributed by atoms with van der Waals surface area (Å²) in [6.07, 6.45) is 0. The number of hydrogen-bond donors (Lipinski definition) is 0. The van der Waals surface area contributed by atoms with Crippen LogP contribution in [0.2, 0.25) is 0 Å². The minimum Gasteiger partial charge on any atom is -0.347 e. The summed E-state index contributed by atoms with van der Waals surface area (Å²) in [5, 5.41) is 1.39. The minimum atomic E-state index is 0.381. The van der Waals surface area contributed by atoms with E-state index in [-0.39, 0.29) is 0 Å². The van der Waals surface area contributed by atoms with Crippen LogP contribution in [0.25, 0.3) is 10.9 Å². The lowest BCUT2D eigenvalue weighted by molar-refractivity contribution is 0.294. The average molecular weight is 213 g/mol. The van der Waals surface area contributed by atoms with Crippen LogP contribution in [0.5, 0.6) is 0 Å². The van der Waals surface area contributed by atoms with Gasteiger partial charge in [0, 0.05) is 42.7 Å². The maximum absolute atomic E-state index is 4.28. The molecule has 0 saturated carbocycles. The Labute approximate surface area is 96.5 Å². The zero-order valence-corrected chi connectivity index (χ0v) is 9.90. The lowest BCUT2D eigenvalue weighted by atomic mass is 9.97. The van der Waals surface area contributed by atoms with E-state index in [9.17, 15) is 0 Å². The summed E-state index contributed by atoms with van der Waals surface area (Å²) < 4.78 is 2.31. The monoisotopic (exact) mass is 213 g/mol. The van der Waals surface area contributed by atoms with Crippen LogP contribution in [0, 0.1) is 6.92 Å².